The molecule has 1 aromatic heterocycles. The Morgan fingerprint density at radius 2 is 2.00 bits per heavy atom. The molecule has 24 heavy (non-hydrogen) atoms. The highest BCUT2D eigenvalue weighted by Gasteiger charge is 2.33. The summed E-state index contributed by atoms with van der Waals surface area (Å²) in [5.41, 5.74) is 0.650. The van der Waals surface area contributed by atoms with Gasteiger partial charge in [-0.15, -0.1) is 5.10 Å². The standard InChI is InChI=1S/C17H16N4O3/c22-16(15-18-17(23)20-19-15)21-8-13(9-21)24-10-12-6-3-5-11-4-1-2-7-14(11)12/h1-7,13H,8-10H2,(H2,18,19,20,23). The molecular weight excluding hydrogens is 308 g/mol. The van der Waals surface area contributed by atoms with Crippen LogP contribution in [0.5, 0.6) is 0 Å². The largest absolute Gasteiger partial charge is 0.370 e. The number of ether oxygens (including phenoxy) is 1. The number of hydrogen-bond acceptors (Lipinski definition) is 4. The summed E-state index contributed by atoms with van der Waals surface area (Å²) < 4.78 is 5.90. The van der Waals surface area contributed by atoms with E-state index in [0.29, 0.717) is 19.7 Å². The van der Waals surface area contributed by atoms with Crippen LogP contribution in [0, 0.1) is 0 Å². The van der Waals surface area contributed by atoms with Gasteiger partial charge in [-0.2, -0.15) is 0 Å². The molecule has 0 atom stereocenters. The first-order valence-corrected chi connectivity index (χ1v) is 7.73. The highest BCUT2D eigenvalue weighted by molar-refractivity contribution is 5.91. The van der Waals surface area contributed by atoms with Crippen molar-refractivity contribution in [2.45, 2.75) is 12.7 Å². The molecule has 3 aromatic rings. The molecule has 4 rings (SSSR count). The molecule has 0 aliphatic carbocycles. The van der Waals surface area contributed by atoms with Gasteiger partial charge in [0.2, 0.25) is 5.82 Å². The number of nitrogens with zero attached hydrogens (tertiary/aromatic N) is 2. The lowest BCUT2D eigenvalue weighted by Crippen LogP contribution is -2.54. The minimum absolute atomic E-state index is 0.00131. The average molecular weight is 324 g/mol. The predicted molar refractivity (Wildman–Crippen MR) is 87.6 cm³/mol. The summed E-state index contributed by atoms with van der Waals surface area (Å²) in [7, 11) is 0. The van der Waals surface area contributed by atoms with Crippen LogP contribution in [0.4, 0.5) is 0 Å². The Kier molecular flexibility index (Phi) is 3.62. The van der Waals surface area contributed by atoms with E-state index < -0.39 is 5.69 Å². The molecule has 2 heterocycles. The van der Waals surface area contributed by atoms with Crippen molar-refractivity contribution in [1.29, 1.82) is 0 Å². The van der Waals surface area contributed by atoms with Crippen molar-refractivity contribution in [2.24, 2.45) is 0 Å². The topological polar surface area (TPSA) is 91.1 Å². The van der Waals surface area contributed by atoms with Crippen LogP contribution in [0.3, 0.4) is 0 Å². The summed E-state index contributed by atoms with van der Waals surface area (Å²) in [5, 5.41) is 8.20. The number of nitrogens with one attached hydrogen (secondary N) is 2. The summed E-state index contributed by atoms with van der Waals surface area (Å²) in [6, 6.07) is 14.3. The van der Waals surface area contributed by atoms with Crippen molar-refractivity contribution >= 4 is 16.7 Å². The van der Waals surface area contributed by atoms with Crippen molar-refractivity contribution in [3.63, 3.8) is 0 Å². The average Bonchev–Trinajstić information content (AvgIpc) is 3.00. The minimum atomic E-state index is -0.484. The van der Waals surface area contributed by atoms with Crippen LogP contribution in [0.1, 0.15) is 16.2 Å². The van der Waals surface area contributed by atoms with E-state index in [1.54, 1.807) is 4.90 Å². The van der Waals surface area contributed by atoms with Crippen molar-refractivity contribution < 1.29 is 9.53 Å². The number of likely N-dealkylation sites (tertiary alicyclic amines) is 1. The fraction of sp³-hybridized carbons (Fsp3) is 0.235. The second-order valence-electron chi connectivity index (χ2n) is 5.81. The molecule has 1 fully saturated rings. The van der Waals surface area contributed by atoms with Gasteiger partial charge in [0.15, 0.2) is 0 Å². The summed E-state index contributed by atoms with van der Waals surface area (Å²) in [4.78, 5) is 27.0. The molecule has 1 aliphatic rings. The number of benzene rings is 2. The zero-order chi connectivity index (χ0) is 16.5. The minimum Gasteiger partial charge on any atom is -0.370 e. The molecule has 0 unspecified atom stereocenters. The lowest BCUT2D eigenvalue weighted by molar-refractivity contribution is -0.0503. The zero-order valence-electron chi connectivity index (χ0n) is 12.9. The summed E-state index contributed by atoms with van der Waals surface area (Å²) in [5.74, 6) is -0.258. The van der Waals surface area contributed by atoms with E-state index >= 15 is 0 Å². The second-order valence-corrected chi connectivity index (χ2v) is 5.81. The molecule has 0 bridgehead atoms. The summed E-state index contributed by atoms with van der Waals surface area (Å²) in [6.45, 7) is 1.50. The number of carbonyl (C=O) groups excluding carboxylic acids is 1. The first-order chi connectivity index (χ1) is 11.7. The molecule has 2 N–H and O–H groups in total. The van der Waals surface area contributed by atoms with Gasteiger partial charge in [0, 0.05) is 13.1 Å². The molecule has 0 saturated carbocycles. The Labute approximate surface area is 137 Å². The van der Waals surface area contributed by atoms with Gasteiger partial charge in [0.25, 0.3) is 5.91 Å². The number of aromatic amines is 2. The maximum Gasteiger partial charge on any atom is 0.341 e. The number of H-pyrrole nitrogens is 2. The second kappa shape index (κ2) is 5.93. The van der Waals surface area contributed by atoms with Crippen LogP contribution in [0.2, 0.25) is 0 Å². The molecule has 1 amide bonds. The van der Waals surface area contributed by atoms with Crippen molar-refractivity contribution in [3.05, 3.63) is 64.3 Å². The highest BCUT2D eigenvalue weighted by atomic mass is 16.5. The SMILES string of the molecule is O=C(c1n[nH]c(=O)[nH]1)N1CC(OCc2cccc3ccccc23)C1. The quantitative estimate of drug-likeness (QED) is 0.756. The van der Waals surface area contributed by atoms with Gasteiger partial charge in [0.1, 0.15) is 0 Å². The lowest BCUT2D eigenvalue weighted by atomic mass is 10.1. The van der Waals surface area contributed by atoms with Gasteiger partial charge < -0.3 is 9.64 Å². The van der Waals surface area contributed by atoms with E-state index in [2.05, 4.69) is 39.4 Å². The van der Waals surface area contributed by atoms with Gasteiger partial charge in [-0.25, -0.2) is 9.89 Å². The fourth-order valence-electron chi connectivity index (χ4n) is 2.86. The van der Waals surface area contributed by atoms with Gasteiger partial charge in [-0.05, 0) is 16.3 Å². The van der Waals surface area contributed by atoms with E-state index in [1.165, 1.54) is 10.8 Å². The number of amides is 1. The summed E-state index contributed by atoms with van der Waals surface area (Å²) >= 11 is 0. The highest BCUT2D eigenvalue weighted by Crippen LogP contribution is 2.21. The van der Waals surface area contributed by atoms with Crippen molar-refractivity contribution in [1.82, 2.24) is 20.1 Å². The number of aromatic nitrogens is 3. The van der Waals surface area contributed by atoms with Gasteiger partial charge in [-0.1, -0.05) is 42.5 Å². The third-order valence-corrected chi connectivity index (χ3v) is 4.19. The molecule has 0 radical (unpaired) electrons. The van der Waals surface area contributed by atoms with E-state index in [0.717, 1.165) is 5.56 Å². The maximum absolute atomic E-state index is 12.1. The van der Waals surface area contributed by atoms with Crippen LogP contribution in [0.15, 0.2) is 47.3 Å². The molecular formula is C17H16N4O3. The van der Waals surface area contributed by atoms with Gasteiger partial charge >= 0.3 is 5.69 Å². The lowest BCUT2D eigenvalue weighted by Gasteiger charge is -2.38. The first kappa shape index (κ1) is 14.6. The van der Waals surface area contributed by atoms with Crippen molar-refractivity contribution in [2.75, 3.05) is 13.1 Å². The van der Waals surface area contributed by atoms with Crippen LogP contribution in [-0.2, 0) is 11.3 Å². The van der Waals surface area contributed by atoms with Crippen molar-refractivity contribution in [3.8, 4) is 0 Å². The Morgan fingerprint density at radius 1 is 1.21 bits per heavy atom. The van der Waals surface area contributed by atoms with Crippen LogP contribution >= 0.6 is 0 Å². The normalized spacial score (nSPS) is 14.8. The van der Waals surface area contributed by atoms with Crippen LogP contribution in [-0.4, -0.2) is 45.2 Å². The molecule has 0 spiro atoms. The van der Waals surface area contributed by atoms with E-state index in [4.69, 9.17) is 4.74 Å². The number of hydrogen-bond donors (Lipinski definition) is 2. The zero-order valence-corrected chi connectivity index (χ0v) is 12.9. The Bertz CT molecular complexity index is 935. The Hall–Kier alpha value is -2.93. The van der Waals surface area contributed by atoms with E-state index in [-0.39, 0.29) is 17.8 Å². The van der Waals surface area contributed by atoms with Gasteiger partial charge in [-0.3, -0.25) is 9.78 Å². The van der Waals surface area contributed by atoms with E-state index in [1.807, 2.05) is 18.2 Å². The van der Waals surface area contributed by atoms with Crippen LogP contribution < -0.4 is 5.69 Å². The third kappa shape index (κ3) is 2.69. The first-order valence-electron chi connectivity index (χ1n) is 7.73. The molecule has 2 aromatic carbocycles. The molecule has 7 nitrogen and oxygen atoms in total. The van der Waals surface area contributed by atoms with Crippen LogP contribution in [0.25, 0.3) is 10.8 Å². The maximum atomic E-state index is 12.1. The Balaban J connectivity index is 1.35. The number of fused-ring (bicyclic) bond motifs is 1. The number of carbonyl (C=O) groups is 1. The molecule has 122 valence electrons. The van der Waals surface area contributed by atoms with E-state index in [9.17, 15) is 9.59 Å². The Morgan fingerprint density at radius 3 is 2.79 bits per heavy atom. The third-order valence-electron chi connectivity index (χ3n) is 4.19. The number of rotatable bonds is 4. The predicted octanol–water partition coefficient (Wildman–Crippen LogP) is 1.29. The fourth-order valence-corrected chi connectivity index (χ4v) is 2.86. The summed E-state index contributed by atoms with van der Waals surface area (Å²) in [6.07, 6.45) is -0.00131. The van der Waals surface area contributed by atoms with Gasteiger partial charge in [0.05, 0.1) is 12.7 Å². The molecule has 1 aliphatic heterocycles. The molecule has 7 heteroatoms. The smallest absolute Gasteiger partial charge is 0.341 e. The molecule has 1 saturated heterocycles. The monoisotopic (exact) mass is 324 g/mol.